The van der Waals surface area contributed by atoms with Gasteiger partial charge in [-0.25, -0.2) is 15.0 Å². The summed E-state index contributed by atoms with van der Waals surface area (Å²) >= 11 is 3.02. The van der Waals surface area contributed by atoms with Crippen molar-refractivity contribution in [2.75, 3.05) is 43.5 Å². The topological polar surface area (TPSA) is 71.5 Å². The number of benzene rings is 2. The second kappa shape index (κ2) is 10.1. The van der Waals surface area contributed by atoms with Crippen molar-refractivity contribution in [2.24, 2.45) is 0 Å². The second-order valence-corrected chi connectivity index (χ2v) is 9.71. The van der Waals surface area contributed by atoms with Gasteiger partial charge in [-0.05, 0) is 25.1 Å². The molecular formula is C24H25N5O2S2. The maximum atomic E-state index is 13.2. The Hall–Kier alpha value is -2.59. The van der Waals surface area contributed by atoms with E-state index in [1.54, 1.807) is 16.2 Å². The molecule has 0 N–H and O–H groups in total. The third-order valence-electron chi connectivity index (χ3n) is 5.55. The maximum Gasteiger partial charge on any atom is 0.239 e. The lowest BCUT2D eigenvalue weighted by atomic mass is 10.2. The molecule has 1 amide bonds. The van der Waals surface area contributed by atoms with Gasteiger partial charge >= 0.3 is 0 Å². The molecule has 1 saturated heterocycles. The number of morpholine rings is 1. The van der Waals surface area contributed by atoms with E-state index in [1.165, 1.54) is 11.8 Å². The van der Waals surface area contributed by atoms with Crippen LogP contribution in [0.4, 0.5) is 5.13 Å². The van der Waals surface area contributed by atoms with E-state index in [0.29, 0.717) is 18.8 Å². The molecule has 0 spiro atoms. The van der Waals surface area contributed by atoms with Crippen molar-refractivity contribution in [3.05, 3.63) is 54.4 Å². The lowest BCUT2D eigenvalue weighted by Crippen LogP contribution is -2.36. The lowest BCUT2D eigenvalue weighted by Gasteiger charge is -2.26. The van der Waals surface area contributed by atoms with Crippen molar-refractivity contribution in [1.29, 1.82) is 0 Å². The van der Waals surface area contributed by atoms with E-state index < -0.39 is 0 Å². The first-order valence-electron chi connectivity index (χ1n) is 11.1. The van der Waals surface area contributed by atoms with Crippen LogP contribution in [0, 0.1) is 0 Å². The summed E-state index contributed by atoms with van der Waals surface area (Å²) in [5.74, 6) is 1.10. The van der Waals surface area contributed by atoms with Gasteiger partial charge in [0.25, 0.3) is 0 Å². The van der Waals surface area contributed by atoms with Crippen LogP contribution in [0.25, 0.3) is 21.1 Å². The second-order valence-electron chi connectivity index (χ2n) is 7.74. The molecule has 1 aliphatic heterocycles. The van der Waals surface area contributed by atoms with Gasteiger partial charge in [0.05, 0.1) is 41.2 Å². The number of anilines is 1. The molecule has 33 heavy (non-hydrogen) atoms. The Morgan fingerprint density at radius 1 is 1.06 bits per heavy atom. The van der Waals surface area contributed by atoms with Gasteiger partial charge in [0, 0.05) is 25.0 Å². The molecule has 0 bridgehead atoms. The fraction of sp³-hybridized carbons (Fsp3) is 0.333. The predicted octanol–water partition coefficient (Wildman–Crippen LogP) is 4.22. The smallest absolute Gasteiger partial charge is 0.239 e. The summed E-state index contributed by atoms with van der Waals surface area (Å²) in [7, 11) is 0. The molecule has 0 saturated carbocycles. The number of aromatic nitrogens is 3. The highest BCUT2D eigenvalue weighted by molar-refractivity contribution is 8.00. The van der Waals surface area contributed by atoms with Crippen molar-refractivity contribution < 1.29 is 9.53 Å². The normalized spacial score (nSPS) is 14.7. The van der Waals surface area contributed by atoms with Crippen molar-refractivity contribution in [1.82, 2.24) is 19.9 Å². The van der Waals surface area contributed by atoms with Crippen LogP contribution in [-0.4, -0.2) is 64.4 Å². The summed E-state index contributed by atoms with van der Waals surface area (Å²) in [6, 6.07) is 16.0. The number of thiazole rings is 1. The van der Waals surface area contributed by atoms with Crippen molar-refractivity contribution in [2.45, 2.75) is 18.5 Å². The molecule has 2 aromatic heterocycles. The average molecular weight is 480 g/mol. The van der Waals surface area contributed by atoms with Crippen LogP contribution in [0.3, 0.4) is 0 Å². The zero-order valence-corrected chi connectivity index (χ0v) is 20.1. The summed E-state index contributed by atoms with van der Waals surface area (Å²) in [5.41, 5.74) is 1.83. The molecule has 0 radical (unpaired) electrons. The fourth-order valence-electron chi connectivity index (χ4n) is 3.84. The van der Waals surface area contributed by atoms with Crippen molar-refractivity contribution in [3.63, 3.8) is 0 Å². The number of nitrogens with zero attached hydrogens (tertiary/aromatic N) is 5. The van der Waals surface area contributed by atoms with Crippen LogP contribution in [0.15, 0.2) is 53.6 Å². The van der Waals surface area contributed by atoms with Crippen LogP contribution in [0.1, 0.15) is 12.7 Å². The number of fused-ring (bicyclic) bond motifs is 2. The first kappa shape index (κ1) is 22.2. The van der Waals surface area contributed by atoms with E-state index >= 15 is 0 Å². The summed E-state index contributed by atoms with van der Waals surface area (Å²) in [4.78, 5) is 31.5. The van der Waals surface area contributed by atoms with Crippen LogP contribution >= 0.6 is 23.1 Å². The molecule has 170 valence electrons. The highest BCUT2D eigenvalue weighted by atomic mass is 32.2. The SMILES string of the molecule is CCN(C(=O)CSc1nc(CN2CCOCC2)nc2ccccc12)c1nc2ccccc2s1. The molecule has 4 aromatic rings. The summed E-state index contributed by atoms with van der Waals surface area (Å²) < 4.78 is 6.54. The maximum absolute atomic E-state index is 13.2. The van der Waals surface area contributed by atoms with Gasteiger partial charge in [-0.2, -0.15) is 0 Å². The monoisotopic (exact) mass is 479 g/mol. The minimum absolute atomic E-state index is 0.0268. The predicted molar refractivity (Wildman–Crippen MR) is 134 cm³/mol. The molecule has 0 unspecified atom stereocenters. The van der Waals surface area contributed by atoms with E-state index in [0.717, 1.165) is 63.4 Å². The number of carbonyl (C=O) groups excluding carboxylic acids is 1. The molecule has 3 heterocycles. The standard InChI is InChI=1S/C24H25N5O2S2/c1-2-29(24-26-19-9-5-6-10-20(19)33-24)22(30)16-32-23-17-7-3-4-8-18(17)25-21(27-23)15-28-11-13-31-14-12-28/h3-10H,2,11-16H2,1H3. The minimum atomic E-state index is 0.0268. The van der Waals surface area contributed by atoms with Gasteiger partial charge in [0.2, 0.25) is 5.91 Å². The van der Waals surface area contributed by atoms with Crippen LogP contribution < -0.4 is 4.90 Å². The molecule has 9 heteroatoms. The van der Waals surface area contributed by atoms with Crippen LogP contribution in [0.5, 0.6) is 0 Å². The number of ether oxygens (including phenoxy) is 1. The summed E-state index contributed by atoms with van der Waals surface area (Å²) in [6.07, 6.45) is 0. The van der Waals surface area contributed by atoms with E-state index in [1.807, 2.05) is 55.5 Å². The molecule has 2 aromatic carbocycles. The zero-order valence-electron chi connectivity index (χ0n) is 18.4. The molecule has 7 nitrogen and oxygen atoms in total. The number of thioether (sulfide) groups is 1. The number of hydrogen-bond donors (Lipinski definition) is 0. The van der Waals surface area contributed by atoms with Gasteiger partial charge < -0.3 is 4.74 Å². The van der Waals surface area contributed by atoms with Crippen molar-refractivity contribution in [3.8, 4) is 0 Å². The van der Waals surface area contributed by atoms with Crippen LogP contribution in [0.2, 0.25) is 0 Å². The number of para-hydroxylation sites is 2. The lowest BCUT2D eigenvalue weighted by molar-refractivity contribution is -0.116. The molecule has 5 rings (SSSR count). The Balaban J connectivity index is 1.35. The van der Waals surface area contributed by atoms with Gasteiger partial charge in [0.15, 0.2) is 5.13 Å². The molecule has 0 atom stereocenters. The Labute approximate surface area is 200 Å². The average Bonchev–Trinajstić information content (AvgIpc) is 3.27. The first-order valence-corrected chi connectivity index (χ1v) is 12.9. The minimum Gasteiger partial charge on any atom is -0.379 e. The molecule has 1 aliphatic rings. The van der Waals surface area contributed by atoms with Gasteiger partial charge in [-0.15, -0.1) is 0 Å². The van der Waals surface area contributed by atoms with Crippen LogP contribution in [-0.2, 0) is 16.1 Å². The van der Waals surface area contributed by atoms with Crippen molar-refractivity contribution >= 4 is 55.3 Å². The van der Waals surface area contributed by atoms with Gasteiger partial charge in [0.1, 0.15) is 10.9 Å². The number of rotatable bonds is 7. The number of carbonyl (C=O) groups is 1. The fourth-order valence-corrected chi connectivity index (χ4v) is 5.80. The summed E-state index contributed by atoms with van der Waals surface area (Å²) in [5, 5.41) is 2.56. The number of amides is 1. The Kier molecular flexibility index (Phi) is 6.82. The molecule has 0 aliphatic carbocycles. The highest BCUT2D eigenvalue weighted by Gasteiger charge is 2.20. The quantitative estimate of drug-likeness (QED) is 0.290. The largest absolute Gasteiger partial charge is 0.379 e. The first-order chi connectivity index (χ1) is 16.2. The zero-order chi connectivity index (χ0) is 22.6. The van der Waals surface area contributed by atoms with E-state index in [9.17, 15) is 4.79 Å². The Morgan fingerprint density at radius 2 is 1.82 bits per heavy atom. The molecule has 1 fully saturated rings. The van der Waals surface area contributed by atoms with E-state index in [-0.39, 0.29) is 5.91 Å². The highest BCUT2D eigenvalue weighted by Crippen LogP contribution is 2.30. The van der Waals surface area contributed by atoms with E-state index in [2.05, 4.69) is 9.88 Å². The molecular weight excluding hydrogens is 454 g/mol. The Morgan fingerprint density at radius 3 is 2.61 bits per heavy atom. The summed E-state index contributed by atoms with van der Waals surface area (Å²) in [6.45, 7) is 6.48. The number of hydrogen-bond acceptors (Lipinski definition) is 8. The Bertz CT molecular complexity index is 1240. The van der Waals surface area contributed by atoms with Gasteiger partial charge in [-0.3, -0.25) is 14.6 Å². The third-order valence-corrected chi connectivity index (χ3v) is 7.58. The van der Waals surface area contributed by atoms with E-state index in [4.69, 9.17) is 14.7 Å². The third kappa shape index (κ3) is 5.01. The van der Waals surface area contributed by atoms with Gasteiger partial charge in [-0.1, -0.05) is 53.4 Å².